The lowest BCUT2D eigenvalue weighted by molar-refractivity contribution is -0.126. The Labute approximate surface area is 85.3 Å². The molecule has 1 N–H and O–H groups in total. The maximum absolute atomic E-state index is 11.7. The van der Waals surface area contributed by atoms with E-state index in [-0.39, 0.29) is 11.8 Å². The molecule has 1 aliphatic rings. The lowest BCUT2D eigenvalue weighted by Gasteiger charge is -2.28. The first-order valence-corrected chi connectivity index (χ1v) is 5.38. The molecule has 1 amide bonds. The van der Waals surface area contributed by atoms with Gasteiger partial charge >= 0.3 is 0 Å². The highest BCUT2D eigenvalue weighted by Gasteiger charge is 2.26. The largest absolute Gasteiger partial charge is 0.356 e. The molecular weight excluding hydrogens is 178 g/mol. The highest BCUT2D eigenvalue weighted by molar-refractivity contribution is 5.82. The van der Waals surface area contributed by atoms with E-state index >= 15 is 0 Å². The van der Waals surface area contributed by atoms with E-state index in [0.29, 0.717) is 11.8 Å². The van der Waals surface area contributed by atoms with Crippen molar-refractivity contribution in [1.29, 1.82) is 0 Å². The van der Waals surface area contributed by atoms with Crippen LogP contribution >= 0.6 is 0 Å². The molecule has 0 saturated heterocycles. The van der Waals surface area contributed by atoms with E-state index in [9.17, 15) is 9.59 Å². The van der Waals surface area contributed by atoms with E-state index in [1.165, 1.54) is 0 Å². The van der Waals surface area contributed by atoms with Crippen molar-refractivity contribution < 1.29 is 9.59 Å². The number of carbonyl (C=O) groups excluding carboxylic acids is 2. The molecule has 1 fully saturated rings. The van der Waals surface area contributed by atoms with E-state index in [4.69, 9.17) is 0 Å². The fourth-order valence-corrected chi connectivity index (χ4v) is 2.11. The SMILES string of the molecule is CC(C)C(=O)C1CCC(NC=O)CC1. The highest BCUT2D eigenvalue weighted by atomic mass is 16.1. The number of amides is 1. The third-order valence-corrected chi connectivity index (χ3v) is 3.00. The first kappa shape index (κ1) is 11.2. The molecule has 0 aliphatic heterocycles. The van der Waals surface area contributed by atoms with Gasteiger partial charge in [-0.15, -0.1) is 0 Å². The molecule has 0 aromatic carbocycles. The molecule has 1 rings (SSSR count). The van der Waals surface area contributed by atoms with Crippen LogP contribution in [0.15, 0.2) is 0 Å². The molecule has 0 aromatic rings. The Morgan fingerprint density at radius 3 is 2.29 bits per heavy atom. The number of nitrogens with one attached hydrogen (secondary N) is 1. The average Bonchev–Trinajstić information content (AvgIpc) is 2.18. The van der Waals surface area contributed by atoms with E-state index < -0.39 is 0 Å². The molecule has 0 heterocycles. The summed E-state index contributed by atoms with van der Waals surface area (Å²) in [5, 5.41) is 2.78. The van der Waals surface area contributed by atoms with Gasteiger partial charge in [-0.3, -0.25) is 9.59 Å². The summed E-state index contributed by atoms with van der Waals surface area (Å²) in [5.74, 6) is 0.768. The molecule has 14 heavy (non-hydrogen) atoms. The summed E-state index contributed by atoms with van der Waals surface area (Å²) < 4.78 is 0. The Morgan fingerprint density at radius 1 is 1.29 bits per heavy atom. The van der Waals surface area contributed by atoms with Crippen LogP contribution in [0.3, 0.4) is 0 Å². The minimum Gasteiger partial charge on any atom is -0.356 e. The number of rotatable bonds is 4. The fourth-order valence-electron chi connectivity index (χ4n) is 2.11. The molecule has 3 heteroatoms. The van der Waals surface area contributed by atoms with Gasteiger partial charge in [-0.1, -0.05) is 13.8 Å². The van der Waals surface area contributed by atoms with Crippen LogP contribution in [-0.4, -0.2) is 18.2 Å². The lowest BCUT2D eigenvalue weighted by atomic mass is 9.80. The predicted molar refractivity (Wildman–Crippen MR) is 54.8 cm³/mol. The lowest BCUT2D eigenvalue weighted by Crippen LogP contribution is -2.35. The molecular formula is C11H19NO2. The van der Waals surface area contributed by atoms with Gasteiger partial charge in [0.2, 0.25) is 6.41 Å². The minimum atomic E-state index is 0.149. The zero-order chi connectivity index (χ0) is 10.6. The zero-order valence-corrected chi connectivity index (χ0v) is 8.95. The molecule has 1 aliphatic carbocycles. The van der Waals surface area contributed by atoms with Crippen molar-refractivity contribution in [3.05, 3.63) is 0 Å². The van der Waals surface area contributed by atoms with Crippen LogP contribution in [0.2, 0.25) is 0 Å². The van der Waals surface area contributed by atoms with Crippen molar-refractivity contribution >= 4 is 12.2 Å². The number of hydrogen-bond donors (Lipinski definition) is 1. The van der Waals surface area contributed by atoms with E-state index in [1.807, 2.05) is 13.8 Å². The number of Topliss-reactive ketones (excluding diaryl/α,β-unsaturated/α-hetero) is 1. The summed E-state index contributed by atoms with van der Waals surface area (Å²) >= 11 is 0. The molecule has 0 atom stereocenters. The van der Waals surface area contributed by atoms with Gasteiger partial charge in [0, 0.05) is 17.9 Å². The quantitative estimate of drug-likeness (QED) is 0.694. The number of ketones is 1. The van der Waals surface area contributed by atoms with E-state index in [2.05, 4.69) is 5.32 Å². The molecule has 80 valence electrons. The van der Waals surface area contributed by atoms with Gasteiger partial charge in [0.1, 0.15) is 5.78 Å². The topological polar surface area (TPSA) is 46.2 Å². The third kappa shape index (κ3) is 2.82. The van der Waals surface area contributed by atoms with Crippen LogP contribution in [0.25, 0.3) is 0 Å². The second-order valence-corrected chi connectivity index (χ2v) is 4.39. The van der Waals surface area contributed by atoms with Crippen LogP contribution in [0.1, 0.15) is 39.5 Å². The van der Waals surface area contributed by atoms with Crippen molar-refractivity contribution in [2.45, 2.75) is 45.6 Å². The van der Waals surface area contributed by atoms with Gasteiger partial charge in [-0.05, 0) is 25.7 Å². The summed E-state index contributed by atoms with van der Waals surface area (Å²) in [7, 11) is 0. The summed E-state index contributed by atoms with van der Waals surface area (Å²) in [4.78, 5) is 21.9. The van der Waals surface area contributed by atoms with Gasteiger partial charge in [-0.25, -0.2) is 0 Å². The highest BCUT2D eigenvalue weighted by Crippen LogP contribution is 2.26. The Hall–Kier alpha value is -0.860. The van der Waals surface area contributed by atoms with Crippen LogP contribution in [-0.2, 0) is 9.59 Å². The first-order chi connectivity index (χ1) is 6.65. The summed E-state index contributed by atoms with van der Waals surface area (Å²) in [6, 6.07) is 0.295. The van der Waals surface area contributed by atoms with Crippen LogP contribution < -0.4 is 5.32 Å². The second kappa shape index (κ2) is 5.13. The predicted octanol–water partition coefficient (Wildman–Crippen LogP) is 1.52. The molecule has 0 aromatic heterocycles. The van der Waals surface area contributed by atoms with Gasteiger partial charge in [0.25, 0.3) is 0 Å². The second-order valence-electron chi connectivity index (χ2n) is 4.39. The molecule has 0 spiro atoms. The van der Waals surface area contributed by atoms with Gasteiger partial charge in [-0.2, -0.15) is 0 Å². The van der Waals surface area contributed by atoms with Crippen LogP contribution in [0.5, 0.6) is 0 Å². The Balaban J connectivity index is 2.35. The Bertz CT molecular complexity index is 205. The van der Waals surface area contributed by atoms with Crippen LogP contribution in [0.4, 0.5) is 0 Å². The zero-order valence-electron chi connectivity index (χ0n) is 8.95. The van der Waals surface area contributed by atoms with Crippen molar-refractivity contribution in [2.24, 2.45) is 11.8 Å². The maximum atomic E-state index is 11.7. The number of hydrogen-bond acceptors (Lipinski definition) is 2. The summed E-state index contributed by atoms with van der Waals surface area (Å²) in [5.41, 5.74) is 0. The Morgan fingerprint density at radius 2 is 1.86 bits per heavy atom. The number of carbonyl (C=O) groups is 2. The summed E-state index contributed by atoms with van der Waals surface area (Å²) in [6.45, 7) is 3.91. The van der Waals surface area contributed by atoms with Crippen molar-refractivity contribution in [3.63, 3.8) is 0 Å². The molecule has 0 unspecified atom stereocenters. The average molecular weight is 197 g/mol. The molecule has 3 nitrogen and oxygen atoms in total. The van der Waals surface area contributed by atoms with Gasteiger partial charge in [0.15, 0.2) is 0 Å². The first-order valence-electron chi connectivity index (χ1n) is 5.38. The van der Waals surface area contributed by atoms with Crippen molar-refractivity contribution in [2.75, 3.05) is 0 Å². The molecule has 1 saturated carbocycles. The fraction of sp³-hybridized carbons (Fsp3) is 0.818. The van der Waals surface area contributed by atoms with Crippen LogP contribution in [0, 0.1) is 11.8 Å². The minimum absolute atomic E-state index is 0.149. The smallest absolute Gasteiger partial charge is 0.207 e. The molecule has 0 radical (unpaired) electrons. The third-order valence-electron chi connectivity index (χ3n) is 3.00. The normalized spacial score (nSPS) is 27.4. The van der Waals surface area contributed by atoms with E-state index in [1.54, 1.807) is 0 Å². The standard InChI is InChI=1S/C11H19NO2/c1-8(2)11(14)9-3-5-10(6-4-9)12-7-13/h7-10H,3-6H2,1-2H3,(H,12,13). The monoisotopic (exact) mass is 197 g/mol. The van der Waals surface area contributed by atoms with Crippen molar-refractivity contribution in [3.8, 4) is 0 Å². The maximum Gasteiger partial charge on any atom is 0.207 e. The van der Waals surface area contributed by atoms with Crippen molar-refractivity contribution in [1.82, 2.24) is 5.32 Å². The summed E-state index contributed by atoms with van der Waals surface area (Å²) in [6.07, 6.45) is 4.52. The van der Waals surface area contributed by atoms with Gasteiger partial charge in [0.05, 0.1) is 0 Å². The van der Waals surface area contributed by atoms with E-state index in [0.717, 1.165) is 32.1 Å². The molecule has 0 bridgehead atoms. The Kier molecular flexibility index (Phi) is 4.11. The van der Waals surface area contributed by atoms with Gasteiger partial charge < -0.3 is 5.32 Å².